The second kappa shape index (κ2) is 9.03. The van der Waals surface area contributed by atoms with Gasteiger partial charge in [0.25, 0.3) is 0 Å². The number of carboxylic acid groups (broad SMARTS) is 3. The number of hydrogen-bond donors (Lipinski definition) is 5. The van der Waals surface area contributed by atoms with Crippen molar-refractivity contribution in [1.82, 2.24) is 0 Å². The van der Waals surface area contributed by atoms with E-state index in [1.165, 1.54) is 0 Å². The number of nitrogens with two attached hydrogens (primary N) is 1. The highest BCUT2D eigenvalue weighted by Crippen LogP contribution is 1.80. The van der Waals surface area contributed by atoms with Gasteiger partial charge >= 0.3 is 17.9 Å². The summed E-state index contributed by atoms with van der Waals surface area (Å²) in [6.45, 7) is 0. The Morgan fingerprint density at radius 3 is 1.53 bits per heavy atom. The Balaban J connectivity index is 0. The van der Waals surface area contributed by atoms with Crippen LogP contribution in [0.25, 0.3) is 0 Å². The third kappa shape index (κ3) is 15.2. The van der Waals surface area contributed by atoms with Gasteiger partial charge in [0, 0.05) is 17.9 Å². The second-order valence-electron chi connectivity index (χ2n) is 2.14. The molecule has 0 aliphatic rings. The molecular weight excluding hydrogens is 226 g/mol. The van der Waals surface area contributed by atoms with E-state index in [-0.39, 0.29) is 5.75 Å². The average molecular weight is 237 g/mol. The van der Waals surface area contributed by atoms with Crippen molar-refractivity contribution in [3.05, 3.63) is 12.2 Å². The summed E-state index contributed by atoms with van der Waals surface area (Å²) in [5.74, 6) is -3.33. The third-order valence-electron chi connectivity index (χ3n) is 0.882. The molecule has 0 saturated carbocycles. The lowest BCUT2D eigenvalue weighted by molar-refractivity contribution is -0.138. The number of hydrogen-bond acceptors (Lipinski definition) is 5. The summed E-state index contributed by atoms with van der Waals surface area (Å²) in [5, 5.41) is 23.6. The molecule has 5 N–H and O–H groups in total. The fourth-order valence-electron chi connectivity index (χ4n) is 0.221. The van der Waals surface area contributed by atoms with E-state index in [4.69, 9.17) is 21.1 Å². The van der Waals surface area contributed by atoms with Crippen LogP contribution in [0.3, 0.4) is 0 Å². The zero-order valence-electron chi connectivity index (χ0n) is 7.53. The van der Waals surface area contributed by atoms with Crippen LogP contribution in [0.5, 0.6) is 0 Å². The molecule has 0 fully saturated rings. The van der Waals surface area contributed by atoms with Gasteiger partial charge < -0.3 is 21.1 Å². The van der Waals surface area contributed by atoms with Crippen molar-refractivity contribution in [3.63, 3.8) is 0 Å². The topological polar surface area (TPSA) is 138 Å². The maximum Gasteiger partial charge on any atom is 0.328 e. The van der Waals surface area contributed by atoms with Gasteiger partial charge in [0.2, 0.25) is 0 Å². The minimum atomic E-state index is -1.26. The van der Waals surface area contributed by atoms with E-state index in [1.807, 2.05) is 0 Å². The SMILES string of the molecule is N[C@@H](CS)C(=O)O.O=C(O)/C=C/C(=O)O. The van der Waals surface area contributed by atoms with E-state index >= 15 is 0 Å². The Morgan fingerprint density at radius 1 is 1.13 bits per heavy atom. The second-order valence-corrected chi connectivity index (χ2v) is 2.50. The van der Waals surface area contributed by atoms with E-state index < -0.39 is 23.9 Å². The van der Waals surface area contributed by atoms with E-state index in [2.05, 4.69) is 12.6 Å². The predicted octanol–water partition coefficient (Wildman–Crippen LogP) is -0.960. The maximum absolute atomic E-state index is 9.76. The summed E-state index contributed by atoms with van der Waals surface area (Å²) in [6, 6.07) is -0.816. The van der Waals surface area contributed by atoms with Gasteiger partial charge in [-0.25, -0.2) is 9.59 Å². The summed E-state index contributed by atoms with van der Waals surface area (Å²) in [7, 11) is 0. The van der Waals surface area contributed by atoms with Crippen molar-refractivity contribution in [2.24, 2.45) is 5.73 Å². The van der Waals surface area contributed by atoms with Crippen LogP contribution in [0.2, 0.25) is 0 Å². The van der Waals surface area contributed by atoms with Gasteiger partial charge in [0.05, 0.1) is 0 Å². The molecule has 0 aromatic rings. The number of carboxylic acids is 3. The van der Waals surface area contributed by atoms with Crippen LogP contribution in [0.15, 0.2) is 12.2 Å². The molecule has 0 rings (SSSR count). The average Bonchev–Trinajstić information content (AvgIpc) is 2.14. The van der Waals surface area contributed by atoms with Gasteiger partial charge in [-0.05, 0) is 0 Å². The molecule has 0 saturated heterocycles. The fourth-order valence-corrected chi connectivity index (χ4v) is 0.377. The lowest BCUT2D eigenvalue weighted by atomic mass is 10.4. The predicted molar refractivity (Wildman–Crippen MR) is 53.9 cm³/mol. The summed E-state index contributed by atoms with van der Waals surface area (Å²) >= 11 is 3.65. The zero-order valence-corrected chi connectivity index (χ0v) is 8.42. The van der Waals surface area contributed by atoms with E-state index in [0.29, 0.717) is 12.2 Å². The normalized spacial score (nSPS) is 11.3. The van der Waals surface area contributed by atoms with E-state index in [0.717, 1.165) is 0 Å². The molecule has 0 spiro atoms. The third-order valence-corrected chi connectivity index (χ3v) is 1.28. The van der Waals surface area contributed by atoms with Crippen LogP contribution in [-0.2, 0) is 14.4 Å². The van der Waals surface area contributed by atoms with E-state index in [9.17, 15) is 14.4 Å². The summed E-state index contributed by atoms with van der Waals surface area (Å²) in [4.78, 5) is 28.9. The quantitative estimate of drug-likeness (QED) is 0.313. The first-order valence-corrected chi connectivity index (χ1v) is 4.17. The molecule has 0 amide bonds. The van der Waals surface area contributed by atoms with Gasteiger partial charge in [-0.2, -0.15) is 12.6 Å². The van der Waals surface area contributed by atoms with Crippen molar-refractivity contribution in [1.29, 1.82) is 0 Å². The number of rotatable bonds is 4. The number of carbonyl (C=O) groups is 3. The zero-order chi connectivity index (χ0) is 12.4. The molecule has 86 valence electrons. The monoisotopic (exact) mass is 237 g/mol. The Hall–Kier alpha value is -1.54. The van der Waals surface area contributed by atoms with Crippen molar-refractivity contribution < 1.29 is 29.7 Å². The van der Waals surface area contributed by atoms with Crippen molar-refractivity contribution in [3.8, 4) is 0 Å². The van der Waals surface area contributed by atoms with Crippen LogP contribution in [0.4, 0.5) is 0 Å². The Morgan fingerprint density at radius 2 is 1.47 bits per heavy atom. The minimum absolute atomic E-state index is 0.190. The Kier molecular flexibility index (Phi) is 9.58. The fraction of sp³-hybridized carbons (Fsp3) is 0.286. The molecular formula is C7H11NO6S. The summed E-state index contributed by atoms with van der Waals surface area (Å²) in [6.07, 6.45) is 1.12. The van der Waals surface area contributed by atoms with Crippen LogP contribution in [-0.4, -0.2) is 45.0 Å². The molecule has 7 nitrogen and oxygen atoms in total. The molecule has 0 aliphatic carbocycles. The first-order valence-electron chi connectivity index (χ1n) is 3.54. The number of thiol groups is 1. The molecule has 1 atom stereocenters. The maximum atomic E-state index is 9.76. The highest BCUT2D eigenvalue weighted by atomic mass is 32.1. The minimum Gasteiger partial charge on any atom is -0.480 e. The van der Waals surface area contributed by atoms with Crippen LogP contribution < -0.4 is 5.73 Å². The van der Waals surface area contributed by atoms with Crippen molar-refractivity contribution in [2.75, 3.05) is 5.75 Å². The summed E-state index contributed by atoms with van der Waals surface area (Å²) < 4.78 is 0. The van der Waals surface area contributed by atoms with Gasteiger partial charge in [-0.15, -0.1) is 0 Å². The molecule has 0 aliphatic heterocycles. The largest absolute Gasteiger partial charge is 0.480 e. The first kappa shape index (κ1) is 15.9. The lowest BCUT2D eigenvalue weighted by Crippen LogP contribution is -2.31. The van der Waals surface area contributed by atoms with E-state index in [1.54, 1.807) is 0 Å². The Bertz CT molecular complexity index is 248. The molecule has 0 aromatic carbocycles. The van der Waals surface area contributed by atoms with Crippen LogP contribution in [0.1, 0.15) is 0 Å². The molecule has 8 heteroatoms. The molecule has 0 radical (unpaired) electrons. The van der Waals surface area contributed by atoms with Gasteiger partial charge in [0.15, 0.2) is 0 Å². The van der Waals surface area contributed by atoms with Gasteiger partial charge in [-0.3, -0.25) is 4.79 Å². The summed E-state index contributed by atoms with van der Waals surface area (Å²) in [5.41, 5.74) is 4.94. The van der Waals surface area contributed by atoms with Crippen molar-refractivity contribution >= 4 is 30.5 Å². The van der Waals surface area contributed by atoms with Gasteiger partial charge in [-0.1, -0.05) is 0 Å². The molecule has 0 aromatic heterocycles. The molecule has 0 unspecified atom stereocenters. The highest BCUT2D eigenvalue weighted by Gasteiger charge is 2.06. The van der Waals surface area contributed by atoms with Crippen molar-refractivity contribution in [2.45, 2.75) is 6.04 Å². The highest BCUT2D eigenvalue weighted by molar-refractivity contribution is 7.80. The van der Waals surface area contributed by atoms with Gasteiger partial charge in [0.1, 0.15) is 6.04 Å². The molecule has 15 heavy (non-hydrogen) atoms. The lowest BCUT2D eigenvalue weighted by Gasteiger charge is -1.96. The molecule has 0 heterocycles. The standard InChI is InChI=1S/C4H4O4.C3H7NO2S/c5-3(6)1-2-4(7)8;4-2(1-7)3(5)6/h1-2H,(H,5,6)(H,7,8);2,7H,1,4H2,(H,5,6)/b2-1+;/t;2-/m.0/s1. The van der Waals surface area contributed by atoms with Crippen LogP contribution in [0, 0.1) is 0 Å². The van der Waals surface area contributed by atoms with Crippen LogP contribution >= 0.6 is 12.6 Å². The first-order chi connectivity index (χ1) is 6.81. The Labute approximate surface area is 90.6 Å². The smallest absolute Gasteiger partial charge is 0.328 e. The molecule has 0 bridgehead atoms. The number of aliphatic carboxylic acids is 3.